The van der Waals surface area contributed by atoms with Crippen molar-refractivity contribution in [3.63, 3.8) is 0 Å². The topological polar surface area (TPSA) is 77.8 Å². The van der Waals surface area contributed by atoms with Gasteiger partial charge in [-0.1, -0.05) is 50.1 Å². The molecule has 0 radical (unpaired) electrons. The molecule has 1 amide bonds. The van der Waals surface area contributed by atoms with Crippen molar-refractivity contribution in [1.29, 1.82) is 0 Å². The summed E-state index contributed by atoms with van der Waals surface area (Å²) in [6, 6.07) is 8.58. The fourth-order valence-corrected chi connectivity index (χ4v) is 6.71. The lowest BCUT2D eigenvalue weighted by Gasteiger charge is -2.29. The molecule has 2 fully saturated rings. The van der Waals surface area contributed by atoms with E-state index in [1.165, 1.54) is 24.0 Å². The number of hydrogen-bond acceptors (Lipinski definition) is 5. The average molecular weight is 565 g/mol. The van der Waals surface area contributed by atoms with Gasteiger partial charge in [-0.05, 0) is 97.3 Å². The van der Waals surface area contributed by atoms with E-state index in [4.69, 9.17) is 4.99 Å². The maximum absolute atomic E-state index is 13.7. The van der Waals surface area contributed by atoms with Gasteiger partial charge in [0.2, 0.25) is 0 Å². The van der Waals surface area contributed by atoms with Gasteiger partial charge in [-0.15, -0.1) is 0 Å². The number of likely N-dealkylation sites (tertiary alicyclic amines) is 1. The molecule has 0 bridgehead atoms. The van der Waals surface area contributed by atoms with E-state index >= 15 is 0 Å². The van der Waals surface area contributed by atoms with Gasteiger partial charge < -0.3 is 10.4 Å². The van der Waals surface area contributed by atoms with Crippen molar-refractivity contribution >= 4 is 11.6 Å². The standard InChI is InChI=1S/C36H44N4O2/c1-4-36(3)20-30(36)17-25-15-24(2)5-8-31(18-25)39-35(42)34-33-19-28(7-6-27(33)9-12-38-34)29-16-26(21-37-22-29)23-40-13-10-32(41)11-14-40/h6-8,15-16,18-19,21-22,30,32,41H,4-5,9-14,17,20,23H2,1-3H3,(H,39,42)/t30?,36-/m1/s1. The summed E-state index contributed by atoms with van der Waals surface area (Å²) < 4.78 is 0. The third-order valence-electron chi connectivity index (χ3n) is 9.83. The third kappa shape index (κ3) is 6.50. The average Bonchev–Trinajstić information content (AvgIpc) is 3.69. The predicted molar refractivity (Wildman–Crippen MR) is 169 cm³/mol. The number of piperidine rings is 1. The van der Waals surface area contributed by atoms with E-state index in [0.717, 1.165) is 91.2 Å². The third-order valence-corrected chi connectivity index (χ3v) is 9.83. The summed E-state index contributed by atoms with van der Waals surface area (Å²) >= 11 is 0. The smallest absolute Gasteiger partial charge is 0.274 e. The number of aromatic nitrogens is 1. The molecule has 1 aromatic carbocycles. The zero-order valence-electron chi connectivity index (χ0n) is 25.3. The number of allylic oxidation sites excluding steroid dienone is 5. The van der Waals surface area contributed by atoms with Crippen LogP contribution in [-0.4, -0.2) is 52.3 Å². The number of aliphatic imine (C=N–C) groups is 1. The lowest BCUT2D eigenvalue weighted by molar-refractivity contribution is -0.114. The minimum atomic E-state index is -0.174. The molecule has 2 N–H and O–H groups in total. The molecule has 3 heterocycles. The first-order valence-electron chi connectivity index (χ1n) is 15.7. The normalized spacial score (nSPS) is 24.5. The number of carbonyl (C=O) groups excluding carboxylic acids is 1. The molecule has 0 spiro atoms. The first kappa shape index (κ1) is 28.8. The van der Waals surface area contributed by atoms with Crippen LogP contribution in [-0.2, 0) is 17.8 Å². The summed E-state index contributed by atoms with van der Waals surface area (Å²) in [6.07, 6.45) is 17.1. The second-order valence-electron chi connectivity index (χ2n) is 13.1. The Morgan fingerprint density at radius 1 is 1.14 bits per heavy atom. The van der Waals surface area contributed by atoms with Crippen LogP contribution in [0.15, 0.2) is 76.7 Å². The Morgan fingerprint density at radius 3 is 2.76 bits per heavy atom. The van der Waals surface area contributed by atoms with Gasteiger partial charge in [0.05, 0.1) is 6.10 Å². The lowest BCUT2D eigenvalue weighted by atomic mass is 9.92. The summed E-state index contributed by atoms with van der Waals surface area (Å²) in [5.74, 6) is 0.583. The molecule has 2 aliphatic carbocycles. The van der Waals surface area contributed by atoms with Crippen molar-refractivity contribution in [2.45, 2.75) is 78.4 Å². The first-order chi connectivity index (χ1) is 20.3. The number of nitrogens with one attached hydrogen (secondary N) is 1. The van der Waals surface area contributed by atoms with E-state index in [2.05, 4.69) is 78.5 Å². The lowest BCUT2D eigenvalue weighted by Crippen LogP contribution is -2.35. The highest BCUT2D eigenvalue weighted by atomic mass is 16.3. The maximum Gasteiger partial charge on any atom is 0.274 e. The van der Waals surface area contributed by atoms with Crippen LogP contribution in [0.5, 0.6) is 0 Å². The molecule has 2 atom stereocenters. The Bertz CT molecular complexity index is 1480. The van der Waals surface area contributed by atoms with E-state index < -0.39 is 0 Å². The minimum Gasteiger partial charge on any atom is -0.393 e. The second kappa shape index (κ2) is 12.1. The van der Waals surface area contributed by atoms with E-state index in [-0.39, 0.29) is 12.0 Å². The van der Waals surface area contributed by atoms with Crippen LogP contribution in [0.4, 0.5) is 0 Å². The molecule has 4 aliphatic rings. The molecule has 220 valence electrons. The SMILES string of the molecule is CC[C@]1(C)CC1CC1=CC(NC(=O)C2=NCCc3ccc(-c4cncc(CN5CCC(O)CC5)c4)cc32)=CCC(C)=C1. The monoisotopic (exact) mass is 564 g/mol. The number of aliphatic hydroxyl groups excluding tert-OH is 1. The Labute approximate surface area is 250 Å². The molecular weight excluding hydrogens is 520 g/mol. The Balaban J connectivity index is 1.18. The molecule has 1 unspecified atom stereocenters. The quantitative estimate of drug-likeness (QED) is 0.403. The largest absolute Gasteiger partial charge is 0.393 e. The van der Waals surface area contributed by atoms with E-state index in [9.17, 15) is 9.90 Å². The van der Waals surface area contributed by atoms with Crippen LogP contribution < -0.4 is 5.32 Å². The van der Waals surface area contributed by atoms with E-state index in [0.29, 0.717) is 17.7 Å². The maximum atomic E-state index is 13.7. The molecule has 1 aromatic heterocycles. The number of nitrogens with zero attached hydrogens (tertiary/aromatic N) is 3. The van der Waals surface area contributed by atoms with Gasteiger partial charge in [0.1, 0.15) is 5.71 Å². The van der Waals surface area contributed by atoms with Gasteiger partial charge in [0.15, 0.2) is 0 Å². The molecule has 6 nitrogen and oxygen atoms in total. The Hall–Kier alpha value is -3.35. The number of aliphatic hydroxyl groups is 1. The van der Waals surface area contributed by atoms with E-state index in [1.54, 1.807) is 0 Å². The van der Waals surface area contributed by atoms with Gasteiger partial charge in [-0.25, -0.2) is 0 Å². The molecular formula is C36H44N4O2. The number of rotatable bonds is 8. The molecule has 42 heavy (non-hydrogen) atoms. The van der Waals surface area contributed by atoms with Crippen molar-refractivity contribution in [3.05, 3.63) is 88.4 Å². The number of benzene rings is 1. The van der Waals surface area contributed by atoms with Crippen LogP contribution in [0.2, 0.25) is 0 Å². The number of hydrogen-bond donors (Lipinski definition) is 2. The Kier molecular flexibility index (Phi) is 8.28. The van der Waals surface area contributed by atoms with Crippen LogP contribution in [0, 0.1) is 11.3 Å². The summed E-state index contributed by atoms with van der Waals surface area (Å²) in [5.41, 5.74) is 9.79. The number of amides is 1. The van der Waals surface area contributed by atoms with E-state index in [1.807, 2.05) is 12.4 Å². The van der Waals surface area contributed by atoms with Gasteiger partial charge in [0, 0.05) is 55.4 Å². The fraction of sp³-hybridized carbons (Fsp3) is 0.472. The summed E-state index contributed by atoms with van der Waals surface area (Å²) in [6.45, 7) is 10.1. The highest BCUT2D eigenvalue weighted by molar-refractivity contribution is 6.46. The Morgan fingerprint density at radius 2 is 1.98 bits per heavy atom. The van der Waals surface area contributed by atoms with Gasteiger partial charge in [-0.3, -0.25) is 19.7 Å². The second-order valence-corrected chi connectivity index (χ2v) is 13.1. The number of pyridine rings is 1. The van der Waals surface area contributed by atoms with Crippen molar-refractivity contribution in [3.8, 4) is 11.1 Å². The van der Waals surface area contributed by atoms with Crippen LogP contribution in [0.25, 0.3) is 11.1 Å². The minimum absolute atomic E-state index is 0.140. The van der Waals surface area contributed by atoms with Crippen LogP contribution in [0.1, 0.15) is 76.0 Å². The van der Waals surface area contributed by atoms with Crippen molar-refractivity contribution < 1.29 is 9.90 Å². The first-order valence-corrected chi connectivity index (χ1v) is 15.7. The summed E-state index contributed by atoms with van der Waals surface area (Å²) in [7, 11) is 0. The van der Waals surface area contributed by atoms with Crippen molar-refractivity contribution in [2.24, 2.45) is 16.3 Å². The van der Waals surface area contributed by atoms with Crippen LogP contribution in [0.3, 0.4) is 0 Å². The molecule has 6 rings (SSSR count). The number of fused-ring (bicyclic) bond motifs is 1. The van der Waals surface area contributed by atoms with Gasteiger partial charge in [0.25, 0.3) is 5.91 Å². The predicted octanol–water partition coefficient (Wildman–Crippen LogP) is 6.15. The molecule has 1 saturated heterocycles. The van der Waals surface area contributed by atoms with Gasteiger partial charge in [-0.2, -0.15) is 0 Å². The zero-order chi connectivity index (χ0) is 29.3. The van der Waals surface area contributed by atoms with Gasteiger partial charge >= 0.3 is 0 Å². The highest BCUT2D eigenvalue weighted by Gasteiger charge is 2.47. The molecule has 6 heteroatoms. The molecule has 2 aromatic rings. The summed E-state index contributed by atoms with van der Waals surface area (Å²) in [4.78, 5) is 25.3. The fourth-order valence-electron chi connectivity index (χ4n) is 6.71. The molecule has 1 saturated carbocycles. The van der Waals surface area contributed by atoms with Crippen molar-refractivity contribution in [2.75, 3.05) is 19.6 Å². The summed E-state index contributed by atoms with van der Waals surface area (Å²) in [5, 5.41) is 13.1. The highest BCUT2D eigenvalue weighted by Crippen LogP contribution is 2.57. The van der Waals surface area contributed by atoms with Crippen molar-refractivity contribution in [1.82, 2.24) is 15.2 Å². The zero-order valence-corrected chi connectivity index (χ0v) is 25.3. The molecule has 2 aliphatic heterocycles. The van der Waals surface area contributed by atoms with Crippen LogP contribution >= 0.6 is 0 Å². The number of carbonyl (C=O) groups is 1.